The summed E-state index contributed by atoms with van der Waals surface area (Å²) in [5, 5.41) is 4.25. The molecule has 0 radical (unpaired) electrons. The van der Waals surface area contributed by atoms with Crippen molar-refractivity contribution >= 4 is 11.6 Å². The lowest BCUT2D eigenvalue weighted by Crippen LogP contribution is -2.07. The molecule has 29 heavy (non-hydrogen) atoms. The predicted molar refractivity (Wildman–Crippen MR) is 106 cm³/mol. The van der Waals surface area contributed by atoms with Crippen molar-refractivity contribution in [1.29, 1.82) is 0 Å². The molecule has 4 rings (SSSR count). The van der Waals surface area contributed by atoms with Gasteiger partial charge in [0.25, 0.3) is 0 Å². The zero-order valence-electron chi connectivity index (χ0n) is 14.9. The fourth-order valence-electron chi connectivity index (χ4n) is 2.82. The van der Waals surface area contributed by atoms with Crippen molar-refractivity contribution in [3.8, 4) is 28.4 Å². The van der Waals surface area contributed by atoms with Crippen LogP contribution in [-0.2, 0) is 6.18 Å². The number of halogens is 4. The Morgan fingerprint density at radius 3 is 2.03 bits per heavy atom. The summed E-state index contributed by atoms with van der Waals surface area (Å²) in [6.07, 6.45) is -4.55. The number of hydrogen-bond donors (Lipinski definition) is 0. The number of para-hydroxylation sites is 1. The molecule has 0 saturated heterocycles. The Bertz CT molecular complexity index is 1110. The maximum Gasteiger partial charge on any atom is 0.435 e. The third-order valence-corrected chi connectivity index (χ3v) is 4.45. The van der Waals surface area contributed by atoms with Gasteiger partial charge in [-0.2, -0.15) is 18.3 Å². The highest BCUT2D eigenvalue weighted by Crippen LogP contribution is 2.34. The van der Waals surface area contributed by atoms with Gasteiger partial charge in [0.05, 0.1) is 11.4 Å². The minimum Gasteiger partial charge on any atom is -0.457 e. The maximum absolute atomic E-state index is 13.3. The monoisotopic (exact) mass is 414 g/mol. The largest absolute Gasteiger partial charge is 0.457 e. The lowest BCUT2D eigenvalue weighted by Gasteiger charge is -2.09. The molecule has 0 aliphatic heterocycles. The van der Waals surface area contributed by atoms with Gasteiger partial charge in [0.2, 0.25) is 0 Å². The minimum atomic E-state index is -4.55. The number of alkyl halides is 3. The Morgan fingerprint density at radius 1 is 0.793 bits per heavy atom. The number of ether oxygens (including phenoxy) is 1. The van der Waals surface area contributed by atoms with Gasteiger partial charge < -0.3 is 4.74 Å². The fraction of sp³-hybridized carbons (Fsp3) is 0.0455. The van der Waals surface area contributed by atoms with Crippen molar-refractivity contribution in [1.82, 2.24) is 9.78 Å². The van der Waals surface area contributed by atoms with Crippen molar-refractivity contribution in [3.63, 3.8) is 0 Å². The van der Waals surface area contributed by atoms with Crippen LogP contribution in [0.5, 0.6) is 11.5 Å². The van der Waals surface area contributed by atoms with E-state index in [1.165, 1.54) is 4.68 Å². The molecule has 0 atom stereocenters. The van der Waals surface area contributed by atoms with Crippen LogP contribution in [0, 0.1) is 0 Å². The second kappa shape index (κ2) is 7.64. The summed E-state index contributed by atoms with van der Waals surface area (Å²) in [5.41, 5.74) is 0.394. The van der Waals surface area contributed by atoms with Crippen molar-refractivity contribution in [2.24, 2.45) is 0 Å². The van der Waals surface area contributed by atoms with E-state index in [0.29, 0.717) is 33.5 Å². The molecular weight excluding hydrogens is 401 g/mol. The molecule has 0 unspecified atom stereocenters. The van der Waals surface area contributed by atoms with Crippen LogP contribution in [0.3, 0.4) is 0 Å². The summed E-state index contributed by atoms with van der Waals surface area (Å²) in [6.45, 7) is 0. The van der Waals surface area contributed by atoms with Crippen LogP contribution in [0.25, 0.3) is 16.9 Å². The molecule has 0 spiro atoms. The molecule has 0 fully saturated rings. The normalized spacial score (nSPS) is 11.4. The summed E-state index contributed by atoms with van der Waals surface area (Å²) in [6, 6.07) is 23.5. The molecule has 1 aromatic heterocycles. The average molecular weight is 415 g/mol. The fourth-order valence-corrected chi connectivity index (χ4v) is 2.95. The summed E-state index contributed by atoms with van der Waals surface area (Å²) in [7, 11) is 0. The topological polar surface area (TPSA) is 27.1 Å². The first-order valence-electron chi connectivity index (χ1n) is 8.67. The van der Waals surface area contributed by atoms with Crippen molar-refractivity contribution < 1.29 is 17.9 Å². The maximum atomic E-state index is 13.3. The van der Waals surface area contributed by atoms with Crippen LogP contribution in [-0.4, -0.2) is 9.78 Å². The van der Waals surface area contributed by atoms with E-state index in [1.54, 1.807) is 48.5 Å². The Morgan fingerprint density at radius 2 is 1.41 bits per heavy atom. The van der Waals surface area contributed by atoms with Gasteiger partial charge in [-0.05, 0) is 66.7 Å². The molecule has 0 saturated carbocycles. The van der Waals surface area contributed by atoms with E-state index in [2.05, 4.69) is 5.10 Å². The van der Waals surface area contributed by atoms with E-state index >= 15 is 0 Å². The van der Waals surface area contributed by atoms with Gasteiger partial charge in [-0.1, -0.05) is 29.8 Å². The second-order valence-electron chi connectivity index (χ2n) is 6.24. The molecule has 146 valence electrons. The van der Waals surface area contributed by atoms with Gasteiger partial charge in [-0.3, -0.25) is 0 Å². The molecule has 0 aliphatic rings. The van der Waals surface area contributed by atoms with E-state index in [1.807, 2.05) is 30.3 Å². The third kappa shape index (κ3) is 4.27. The second-order valence-corrected chi connectivity index (χ2v) is 6.68. The summed E-state index contributed by atoms with van der Waals surface area (Å²) >= 11 is 5.89. The standard InChI is InChI=1S/C22H14ClF3N2O/c23-16-8-10-17(11-9-16)28-20(14-21(27-28)22(24,25)26)15-6-12-19(13-7-15)29-18-4-2-1-3-5-18/h1-14H. The minimum absolute atomic E-state index is 0.311. The SMILES string of the molecule is FC(F)(F)c1cc(-c2ccc(Oc3ccccc3)cc2)n(-c2ccc(Cl)cc2)n1. The summed E-state index contributed by atoms with van der Waals surface area (Å²) in [5.74, 6) is 1.25. The molecule has 7 heteroatoms. The first-order chi connectivity index (χ1) is 13.9. The first kappa shape index (κ1) is 19.1. The molecular formula is C22H14ClF3N2O. The Hall–Kier alpha value is -3.25. The molecule has 0 bridgehead atoms. The van der Waals surface area contributed by atoms with Crippen molar-refractivity contribution in [2.45, 2.75) is 6.18 Å². The third-order valence-electron chi connectivity index (χ3n) is 4.20. The van der Waals surface area contributed by atoms with E-state index < -0.39 is 11.9 Å². The summed E-state index contributed by atoms with van der Waals surface area (Å²) < 4.78 is 46.8. The van der Waals surface area contributed by atoms with Gasteiger partial charge in [0, 0.05) is 10.6 Å². The highest BCUT2D eigenvalue weighted by Gasteiger charge is 2.35. The van der Waals surface area contributed by atoms with Gasteiger partial charge in [-0.25, -0.2) is 4.68 Å². The number of benzene rings is 3. The predicted octanol–water partition coefficient (Wildman–Crippen LogP) is 7.00. The highest BCUT2D eigenvalue weighted by molar-refractivity contribution is 6.30. The number of hydrogen-bond acceptors (Lipinski definition) is 2. The lowest BCUT2D eigenvalue weighted by atomic mass is 10.1. The van der Waals surface area contributed by atoms with E-state index in [0.717, 1.165) is 6.07 Å². The van der Waals surface area contributed by atoms with E-state index in [4.69, 9.17) is 16.3 Å². The summed E-state index contributed by atoms with van der Waals surface area (Å²) in [4.78, 5) is 0. The quantitative estimate of drug-likeness (QED) is 0.359. The van der Waals surface area contributed by atoms with Crippen LogP contribution in [0.15, 0.2) is 84.9 Å². The molecule has 3 aromatic carbocycles. The molecule has 3 nitrogen and oxygen atoms in total. The van der Waals surface area contributed by atoms with Crippen LogP contribution >= 0.6 is 11.6 Å². The lowest BCUT2D eigenvalue weighted by molar-refractivity contribution is -0.141. The van der Waals surface area contributed by atoms with Crippen molar-refractivity contribution in [3.05, 3.63) is 95.6 Å². The number of aromatic nitrogens is 2. The Labute approximate surface area is 169 Å². The number of nitrogens with zero attached hydrogens (tertiary/aromatic N) is 2. The van der Waals surface area contributed by atoms with E-state index in [9.17, 15) is 13.2 Å². The number of rotatable bonds is 4. The van der Waals surface area contributed by atoms with Gasteiger partial charge in [0.1, 0.15) is 11.5 Å². The van der Waals surface area contributed by atoms with Gasteiger partial charge in [0.15, 0.2) is 5.69 Å². The zero-order chi connectivity index (χ0) is 20.4. The molecule has 0 aliphatic carbocycles. The van der Waals surface area contributed by atoms with E-state index in [-0.39, 0.29) is 0 Å². The van der Waals surface area contributed by atoms with Crippen LogP contribution in [0.2, 0.25) is 5.02 Å². The molecule has 1 heterocycles. The molecule has 0 N–H and O–H groups in total. The molecule has 4 aromatic rings. The Balaban J connectivity index is 1.71. The first-order valence-corrected chi connectivity index (χ1v) is 9.04. The zero-order valence-corrected chi connectivity index (χ0v) is 15.7. The molecule has 0 amide bonds. The van der Waals surface area contributed by atoms with Crippen LogP contribution < -0.4 is 4.74 Å². The van der Waals surface area contributed by atoms with Gasteiger partial charge >= 0.3 is 6.18 Å². The average Bonchev–Trinajstić information content (AvgIpc) is 3.16. The van der Waals surface area contributed by atoms with Gasteiger partial charge in [-0.15, -0.1) is 0 Å². The van der Waals surface area contributed by atoms with Crippen LogP contribution in [0.1, 0.15) is 5.69 Å². The highest BCUT2D eigenvalue weighted by atomic mass is 35.5. The smallest absolute Gasteiger partial charge is 0.435 e. The van der Waals surface area contributed by atoms with Crippen LogP contribution in [0.4, 0.5) is 13.2 Å². The van der Waals surface area contributed by atoms with Crippen molar-refractivity contribution in [2.75, 3.05) is 0 Å². The Kier molecular flexibility index (Phi) is 5.03.